The van der Waals surface area contributed by atoms with Gasteiger partial charge < -0.3 is 5.32 Å². The van der Waals surface area contributed by atoms with E-state index in [-0.39, 0.29) is 0 Å². The van der Waals surface area contributed by atoms with Gasteiger partial charge in [0.05, 0.1) is 5.69 Å². The Morgan fingerprint density at radius 3 is 2.77 bits per heavy atom. The quantitative estimate of drug-likeness (QED) is 0.628. The number of aryl methyl sites for hydroxylation is 2. The molecule has 112 valence electrons. The van der Waals surface area contributed by atoms with Crippen molar-refractivity contribution in [3.05, 3.63) is 64.0 Å². The summed E-state index contributed by atoms with van der Waals surface area (Å²) in [5.41, 5.74) is 5.55. The Kier molecular flexibility index (Phi) is 4.46. The van der Waals surface area contributed by atoms with E-state index in [9.17, 15) is 0 Å². The van der Waals surface area contributed by atoms with Crippen molar-refractivity contribution in [2.45, 2.75) is 20.3 Å². The van der Waals surface area contributed by atoms with Crippen LogP contribution in [-0.2, 0) is 6.42 Å². The second-order valence-electron chi connectivity index (χ2n) is 5.14. The van der Waals surface area contributed by atoms with Crippen molar-refractivity contribution in [1.82, 2.24) is 4.98 Å². The van der Waals surface area contributed by atoms with E-state index in [0.29, 0.717) is 0 Å². The molecule has 0 spiro atoms. The molecular weight excluding hydrogens is 312 g/mol. The summed E-state index contributed by atoms with van der Waals surface area (Å²) in [5, 5.41) is 7.18. The fourth-order valence-corrected chi connectivity index (χ4v) is 3.18. The molecule has 0 unspecified atom stereocenters. The minimum atomic E-state index is 0.786. The van der Waals surface area contributed by atoms with Crippen LogP contribution in [0.4, 0.5) is 10.8 Å². The van der Waals surface area contributed by atoms with Crippen molar-refractivity contribution in [3.63, 3.8) is 0 Å². The number of aromatic nitrogens is 1. The minimum Gasteiger partial charge on any atom is -0.331 e. The first-order valence-corrected chi connectivity index (χ1v) is 8.50. The highest BCUT2D eigenvalue weighted by atomic mass is 35.5. The summed E-state index contributed by atoms with van der Waals surface area (Å²) in [6.45, 7) is 4.17. The number of rotatable bonds is 4. The molecule has 2 aromatic carbocycles. The third-order valence-corrected chi connectivity index (χ3v) is 4.78. The SMILES string of the molecule is CCc1ccccc1Nc1nc(-c2ccc(Cl)c(C)c2)cs1. The van der Waals surface area contributed by atoms with E-state index < -0.39 is 0 Å². The Morgan fingerprint density at radius 1 is 1.18 bits per heavy atom. The van der Waals surface area contributed by atoms with Crippen LogP contribution in [0, 0.1) is 6.92 Å². The molecule has 0 amide bonds. The standard InChI is InChI=1S/C18H17ClN2S/c1-3-13-6-4-5-7-16(13)20-18-21-17(11-22-18)14-8-9-15(19)12(2)10-14/h4-11H,3H2,1-2H3,(H,20,21). The van der Waals surface area contributed by atoms with Crippen LogP contribution in [-0.4, -0.2) is 4.98 Å². The van der Waals surface area contributed by atoms with Crippen molar-refractivity contribution < 1.29 is 0 Å². The highest BCUT2D eigenvalue weighted by Gasteiger charge is 2.07. The van der Waals surface area contributed by atoms with E-state index in [1.54, 1.807) is 11.3 Å². The maximum atomic E-state index is 6.08. The zero-order valence-electron chi connectivity index (χ0n) is 12.6. The zero-order valence-corrected chi connectivity index (χ0v) is 14.1. The first-order chi connectivity index (χ1) is 10.7. The molecule has 0 atom stereocenters. The molecule has 0 saturated heterocycles. The summed E-state index contributed by atoms with van der Waals surface area (Å²) in [6.07, 6.45) is 0.998. The summed E-state index contributed by atoms with van der Waals surface area (Å²) in [6, 6.07) is 14.3. The number of halogens is 1. The molecule has 3 aromatic rings. The largest absolute Gasteiger partial charge is 0.331 e. The van der Waals surface area contributed by atoms with Crippen LogP contribution in [0.25, 0.3) is 11.3 Å². The lowest BCUT2D eigenvalue weighted by Gasteiger charge is -2.07. The van der Waals surface area contributed by atoms with Crippen LogP contribution < -0.4 is 5.32 Å². The number of anilines is 2. The molecule has 0 aliphatic heterocycles. The van der Waals surface area contributed by atoms with Gasteiger partial charge in [-0.1, -0.05) is 42.8 Å². The number of nitrogens with one attached hydrogen (secondary N) is 1. The maximum Gasteiger partial charge on any atom is 0.187 e. The molecule has 22 heavy (non-hydrogen) atoms. The number of nitrogens with zero attached hydrogens (tertiary/aromatic N) is 1. The van der Waals surface area contributed by atoms with E-state index in [1.165, 1.54) is 5.56 Å². The summed E-state index contributed by atoms with van der Waals surface area (Å²) in [7, 11) is 0. The van der Waals surface area contributed by atoms with Gasteiger partial charge in [-0.25, -0.2) is 4.98 Å². The van der Waals surface area contributed by atoms with Crippen LogP contribution in [0.2, 0.25) is 5.02 Å². The summed E-state index contributed by atoms with van der Waals surface area (Å²) < 4.78 is 0. The van der Waals surface area contributed by atoms with Crippen molar-refractivity contribution in [1.29, 1.82) is 0 Å². The first-order valence-electron chi connectivity index (χ1n) is 7.24. The van der Waals surface area contributed by atoms with Crippen LogP contribution in [0.1, 0.15) is 18.1 Å². The summed E-state index contributed by atoms with van der Waals surface area (Å²) >= 11 is 7.70. The van der Waals surface area contributed by atoms with E-state index in [1.807, 2.05) is 25.1 Å². The monoisotopic (exact) mass is 328 g/mol. The van der Waals surface area contributed by atoms with E-state index >= 15 is 0 Å². The van der Waals surface area contributed by atoms with Crippen molar-refractivity contribution in [2.75, 3.05) is 5.32 Å². The van der Waals surface area contributed by atoms with Gasteiger partial charge in [0.2, 0.25) is 0 Å². The first kappa shape index (κ1) is 15.1. The molecule has 1 heterocycles. The van der Waals surface area contributed by atoms with Gasteiger partial charge in [-0.3, -0.25) is 0 Å². The normalized spacial score (nSPS) is 10.7. The lowest BCUT2D eigenvalue weighted by Crippen LogP contribution is -1.94. The average Bonchev–Trinajstić information content (AvgIpc) is 2.99. The number of para-hydroxylation sites is 1. The van der Waals surface area contributed by atoms with Crippen molar-refractivity contribution >= 4 is 33.8 Å². The average molecular weight is 329 g/mol. The molecule has 2 nitrogen and oxygen atoms in total. The number of hydrogen-bond donors (Lipinski definition) is 1. The van der Waals surface area contributed by atoms with Crippen molar-refractivity contribution in [2.24, 2.45) is 0 Å². The third kappa shape index (κ3) is 3.16. The Labute approximate surface area is 139 Å². The lowest BCUT2D eigenvalue weighted by atomic mass is 10.1. The zero-order chi connectivity index (χ0) is 15.5. The predicted octanol–water partition coefficient (Wildman–Crippen LogP) is 6.08. The van der Waals surface area contributed by atoms with E-state index in [4.69, 9.17) is 11.6 Å². The molecule has 3 rings (SSSR count). The Morgan fingerprint density at radius 2 is 2.00 bits per heavy atom. The Balaban J connectivity index is 1.86. The summed E-state index contributed by atoms with van der Waals surface area (Å²) in [5.74, 6) is 0. The molecule has 0 bridgehead atoms. The molecular formula is C18H17ClN2S. The van der Waals surface area contributed by atoms with Gasteiger partial charge in [-0.2, -0.15) is 0 Å². The van der Waals surface area contributed by atoms with Crippen LogP contribution in [0.5, 0.6) is 0 Å². The maximum absolute atomic E-state index is 6.08. The molecule has 1 N–H and O–H groups in total. The minimum absolute atomic E-state index is 0.786. The predicted molar refractivity (Wildman–Crippen MR) is 96.4 cm³/mol. The van der Waals surface area contributed by atoms with Crippen LogP contribution in [0.3, 0.4) is 0 Å². The smallest absolute Gasteiger partial charge is 0.187 e. The molecule has 0 saturated carbocycles. The van der Waals surface area contributed by atoms with E-state index in [2.05, 4.69) is 46.9 Å². The molecule has 1 aromatic heterocycles. The molecule has 4 heteroatoms. The molecule has 0 aliphatic carbocycles. The van der Waals surface area contributed by atoms with Crippen LogP contribution >= 0.6 is 22.9 Å². The topological polar surface area (TPSA) is 24.9 Å². The van der Waals surface area contributed by atoms with Gasteiger partial charge in [0.1, 0.15) is 0 Å². The van der Waals surface area contributed by atoms with E-state index in [0.717, 1.165) is 39.1 Å². The highest BCUT2D eigenvalue weighted by Crippen LogP contribution is 2.30. The van der Waals surface area contributed by atoms with Gasteiger partial charge >= 0.3 is 0 Å². The fraction of sp³-hybridized carbons (Fsp3) is 0.167. The fourth-order valence-electron chi connectivity index (χ4n) is 2.33. The lowest BCUT2D eigenvalue weighted by molar-refractivity contribution is 1.14. The molecule has 0 radical (unpaired) electrons. The van der Waals surface area contributed by atoms with Crippen molar-refractivity contribution in [3.8, 4) is 11.3 Å². The van der Waals surface area contributed by atoms with Gasteiger partial charge in [0.25, 0.3) is 0 Å². The molecule has 0 aliphatic rings. The Bertz CT molecular complexity index is 795. The Hall–Kier alpha value is -1.84. The molecule has 0 fully saturated rings. The highest BCUT2D eigenvalue weighted by molar-refractivity contribution is 7.14. The second kappa shape index (κ2) is 6.51. The van der Waals surface area contributed by atoms with Gasteiger partial charge in [0.15, 0.2) is 5.13 Å². The number of benzene rings is 2. The third-order valence-electron chi connectivity index (χ3n) is 3.60. The number of hydrogen-bond acceptors (Lipinski definition) is 3. The number of thiazole rings is 1. The van der Waals surface area contributed by atoms with Gasteiger partial charge in [0, 0.05) is 21.7 Å². The van der Waals surface area contributed by atoms with Gasteiger partial charge in [-0.05, 0) is 42.7 Å². The van der Waals surface area contributed by atoms with Crippen LogP contribution in [0.15, 0.2) is 47.8 Å². The summed E-state index contributed by atoms with van der Waals surface area (Å²) in [4.78, 5) is 4.69. The van der Waals surface area contributed by atoms with Gasteiger partial charge in [-0.15, -0.1) is 11.3 Å². The second-order valence-corrected chi connectivity index (χ2v) is 6.40.